The number of carbonyl (C=O) groups is 4. The second-order valence-electron chi connectivity index (χ2n) is 9.94. The molecule has 0 fully saturated rings. The molecular formula is C28H38N4O5. The largest absolute Gasteiger partial charge is 0.444 e. The van der Waals surface area contributed by atoms with Gasteiger partial charge < -0.3 is 26.0 Å². The Morgan fingerprint density at radius 1 is 1.00 bits per heavy atom. The normalized spacial score (nSPS) is 12.7. The summed E-state index contributed by atoms with van der Waals surface area (Å²) in [6.07, 6.45) is -1.31. The maximum absolute atomic E-state index is 13.7. The molecule has 4 N–H and O–H groups in total. The fourth-order valence-electron chi connectivity index (χ4n) is 3.81. The number of primary amides is 1. The van der Waals surface area contributed by atoms with Gasteiger partial charge in [0.1, 0.15) is 17.7 Å². The molecule has 0 radical (unpaired) electrons. The van der Waals surface area contributed by atoms with Crippen LogP contribution in [0.25, 0.3) is 0 Å². The number of rotatable bonds is 10. The topological polar surface area (TPSA) is 131 Å². The highest BCUT2D eigenvalue weighted by molar-refractivity contribution is 5.94. The van der Waals surface area contributed by atoms with Crippen molar-refractivity contribution in [1.82, 2.24) is 15.5 Å². The first-order valence-corrected chi connectivity index (χ1v) is 12.3. The number of carbonyl (C=O) groups excluding carboxylic acids is 4. The Kier molecular flexibility index (Phi) is 10.2. The molecule has 0 bridgehead atoms. The smallest absolute Gasteiger partial charge is 0.408 e. The second kappa shape index (κ2) is 12.9. The fraction of sp³-hybridized carbons (Fsp3) is 0.429. The number of aryl methyl sites for hydroxylation is 2. The van der Waals surface area contributed by atoms with E-state index in [2.05, 4.69) is 10.6 Å². The standard InChI is InChI=1S/C28H38N4O5/c1-7-32(26(35)22(16-23(29)33)31-27(36)37-28(4,5)6)24(21-14-13-18(2)19(3)15-21)25(34)30-17-20-11-9-8-10-12-20/h8-15,22,24H,7,16-17H2,1-6H3,(H2,29,33)(H,30,34)(H,31,36). The number of benzene rings is 2. The first-order valence-electron chi connectivity index (χ1n) is 12.3. The van der Waals surface area contributed by atoms with Crippen molar-refractivity contribution < 1.29 is 23.9 Å². The molecule has 200 valence electrons. The second-order valence-corrected chi connectivity index (χ2v) is 9.94. The molecule has 0 aliphatic heterocycles. The van der Waals surface area contributed by atoms with E-state index in [1.165, 1.54) is 4.90 Å². The molecule has 0 saturated heterocycles. The number of hydrogen-bond donors (Lipinski definition) is 3. The number of hydrogen-bond acceptors (Lipinski definition) is 5. The quantitative estimate of drug-likeness (QED) is 0.452. The molecule has 9 nitrogen and oxygen atoms in total. The van der Waals surface area contributed by atoms with Gasteiger partial charge in [0, 0.05) is 13.1 Å². The molecule has 2 aromatic carbocycles. The van der Waals surface area contributed by atoms with Gasteiger partial charge in [-0.3, -0.25) is 14.4 Å². The van der Waals surface area contributed by atoms with Crippen molar-refractivity contribution in [2.75, 3.05) is 6.54 Å². The van der Waals surface area contributed by atoms with Crippen molar-refractivity contribution in [3.05, 3.63) is 70.8 Å². The first-order chi connectivity index (χ1) is 17.3. The van der Waals surface area contributed by atoms with Gasteiger partial charge in [-0.05, 0) is 63.8 Å². The van der Waals surface area contributed by atoms with Crippen LogP contribution in [0.2, 0.25) is 0 Å². The van der Waals surface area contributed by atoms with Gasteiger partial charge in [-0.1, -0.05) is 48.5 Å². The van der Waals surface area contributed by atoms with Gasteiger partial charge in [0.2, 0.25) is 17.7 Å². The summed E-state index contributed by atoms with van der Waals surface area (Å²) in [5, 5.41) is 5.37. The molecule has 2 aromatic rings. The van der Waals surface area contributed by atoms with Crippen molar-refractivity contribution >= 4 is 23.8 Å². The highest BCUT2D eigenvalue weighted by Crippen LogP contribution is 2.25. The van der Waals surface area contributed by atoms with E-state index in [9.17, 15) is 19.2 Å². The van der Waals surface area contributed by atoms with Crippen LogP contribution in [0.4, 0.5) is 4.79 Å². The van der Waals surface area contributed by atoms with E-state index >= 15 is 0 Å². The highest BCUT2D eigenvalue weighted by atomic mass is 16.6. The van der Waals surface area contributed by atoms with Crippen LogP contribution in [0, 0.1) is 13.8 Å². The van der Waals surface area contributed by atoms with Gasteiger partial charge in [-0.2, -0.15) is 0 Å². The Morgan fingerprint density at radius 2 is 1.65 bits per heavy atom. The third-order valence-electron chi connectivity index (χ3n) is 5.73. The molecule has 0 spiro atoms. The summed E-state index contributed by atoms with van der Waals surface area (Å²) in [6, 6.07) is 12.7. The number of alkyl carbamates (subject to hydrolysis) is 1. The highest BCUT2D eigenvalue weighted by Gasteiger charge is 2.36. The minimum Gasteiger partial charge on any atom is -0.444 e. The van der Waals surface area contributed by atoms with Crippen LogP contribution in [-0.4, -0.2) is 46.9 Å². The average molecular weight is 511 g/mol. The number of amides is 4. The first kappa shape index (κ1) is 29.4. The van der Waals surface area contributed by atoms with E-state index in [0.717, 1.165) is 16.7 Å². The predicted molar refractivity (Wildman–Crippen MR) is 141 cm³/mol. The minimum atomic E-state index is -1.30. The van der Waals surface area contributed by atoms with Crippen molar-refractivity contribution in [2.24, 2.45) is 5.73 Å². The van der Waals surface area contributed by atoms with Crippen molar-refractivity contribution in [3.8, 4) is 0 Å². The Bertz CT molecular complexity index is 1110. The van der Waals surface area contributed by atoms with E-state index in [-0.39, 0.29) is 13.1 Å². The van der Waals surface area contributed by atoms with Crippen molar-refractivity contribution in [3.63, 3.8) is 0 Å². The summed E-state index contributed by atoms with van der Waals surface area (Å²) in [6.45, 7) is 11.1. The molecule has 4 amide bonds. The summed E-state index contributed by atoms with van der Waals surface area (Å²) in [7, 11) is 0. The van der Waals surface area contributed by atoms with Gasteiger partial charge in [0.15, 0.2) is 0 Å². The zero-order valence-corrected chi connectivity index (χ0v) is 22.5. The van der Waals surface area contributed by atoms with Crippen LogP contribution in [0.15, 0.2) is 48.5 Å². The van der Waals surface area contributed by atoms with Gasteiger partial charge in [-0.15, -0.1) is 0 Å². The summed E-state index contributed by atoms with van der Waals surface area (Å²) in [5.41, 5.74) is 8.10. The minimum absolute atomic E-state index is 0.139. The lowest BCUT2D eigenvalue weighted by Crippen LogP contribution is -2.54. The van der Waals surface area contributed by atoms with E-state index in [1.807, 2.05) is 56.3 Å². The predicted octanol–water partition coefficient (Wildman–Crippen LogP) is 3.28. The molecule has 0 aliphatic carbocycles. The van der Waals surface area contributed by atoms with Gasteiger partial charge in [0.05, 0.1) is 6.42 Å². The Balaban J connectivity index is 2.42. The lowest BCUT2D eigenvalue weighted by molar-refractivity contribution is -0.143. The molecular weight excluding hydrogens is 472 g/mol. The Morgan fingerprint density at radius 3 is 2.19 bits per heavy atom. The third kappa shape index (κ3) is 8.93. The fourth-order valence-corrected chi connectivity index (χ4v) is 3.81. The number of nitrogens with one attached hydrogen (secondary N) is 2. The van der Waals surface area contributed by atoms with Crippen molar-refractivity contribution in [1.29, 1.82) is 0 Å². The molecule has 2 unspecified atom stereocenters. The molecule has 2 atom stereocenters. The third-order valence-corrected chi connectivity index (χ3v) is 5.73. The molecule has 0 heterocycles. The summed E-state index contributed by atoms with van der Waals surface area (Å²) in [5.74, 6) is -1.79. The lowest BCUT2D eigenvalue weighted by Gasteiger charge is -2.33. The van der Waals surface area contributed by atoms with E-state index < -0.39 is 47.9 Å². The van der Waals surface area contributed by atoms with E-state index in [0.29, 0.717) is 5.56 Å². The van der Waals surface area contributed by atoms with Crippen molar-refractivity contribution in [2.45, 2.75) is 72.2 Å². The molecule has 9 heteroatoms. The number of nitrogens with zero attached hydrogens (tertiary/aromatic N) is 1. The van der Waals surface area contributed by atoms with Crippen LogP contribution in [0.3, 0.4) is 0 Å². The van der Waals surface area contributed by atoms with Crippen LogP contribution >= 0.6 is 0 Å². The van der Waals surface area contributed by atoms with Gasteiger partial charge in [0.25, 0.3) is 0 Å². The molecule has 0 aliphatic rings. The summed E-state index contributed by atoms with van der Waals surface area (Å²) < 4.78 is 5.27. The lowest BCUT2D eigenvalue weighted by atomic mass is 9.98. The van der Waals surface area contributed by atoms with Crippen LogP contribution < -0.4 is 16.4 Å². The van der Waals surface area contributed by atoms with Crippen LogP contribution in [0.1, 0.15) is 62.4 Å². The SMILES string of the molecule is CCN(C(=O)C(CC(N)=O)NC(=O)OC(C)(C)C)C(C(=O)NCc1ccccc1)c1ccc(C)c(C)c1. The van der Waals surface area contributed by atoms with E-state index in [4.69, 9.17) is 10.5 Å². The molecule has 0 aromatic heterocycles. The monoisotopic (exact) mass is 510 g/mol. The maximum Gasteiger partial charge on any atom is 0.408 e. The van der Waals surface area contributed by atoms with Crippen LogP contribution in [0.5, 0.6) is 0 Å². The molecule has 0 saturated carbocycles. The van der Waals surface area contributed by atoms with E-state index in [1.54, 1.807) is 33.8 Å². The number of ether oxygens (including phenoxy) is 1. The van der Waals surface area contributed by atoms with Gasteiger partial charge in [-0.25, -0.2) is 4.79 Å². The Labute approximate surface area is 218 Å². The molecule has 37 heavy (non-hydrogen) atoms. The number of nitrogens with two attached hydrogens (primary N) is 1. The Hall–Kier alpha value is -3.88. The summed E-state index contributed by atoms with van der Waals surface area (Å²) >= 11 is 0. The average Bonchev–Trinajstić information content (AvgIpc) is 2.81. The molecule has 2 rings (SSSR count). The van der Waals surface area contributed by atoms with Gasteiger partial charge >= 0.3 is 6.09 Å². The summed E-state index contributed by atoms with van der Waals surface area (Å²) in [4.78, 5) is 52.9. The maximum atomic E-state index is 13.7. The zero-order valence-electron chi connectivity index (χ0n) is 22.5. The van der Waals surface area contributed by atoms with Crippen LogP contribution in [-0.2, 0) is 25.7 Å². The number of likely N-dealkylation sites (N-methyl/N-ethyl adjacent to an activating group) is 1. The zero-order chi connectivity index (χ0) is 27.8.